The predicted molar refractivity (Wildman–Crippen MR) is 113 cm³/mol. The van der Waals surface area contributed by atoms with E-state index in [0.29, 0.717) is 31.2 Å². The van der Waals surface area contributed by atoms with Crippen molar-refractivity contribution in [2.75, 3.05) is 25.4 Å². The lowest BCUT2D eigenvalue weighted by molar-refractivity contribution is -0.0504. The van der Waals surface area contributed by atoms with E-state index < -0.39 is 21.2 Å². The first-order valence-electron chi connectivity index (χ1n) is 8.44. The number of alkyl halides is 2. The van der Waals surface area contributed by atoms with Gasteiger partial charge in [0.15, 0.2) is 15.8 Å². The summed E-state index contributed by atoms with van der Waals surface area (Å²) in [6.45, 7) is 3.82. The number of sulfone groups is 1. The first-order valence-corrected chi connectivity index (χ1v) is 10.1. The molecule has 1 saturated heterocycles. The van der Waals surface area contributed by atoms with Gasteiger partial charge in [-0.25, -0.2) is 13.4 Å². The molecule has 0 unspecified atom stereocenters. The van der Waals surface area contributed by atoms with Gasteiger partial charge in [-0.2, -0.15) is 8.78 Å². The number of nitrogens with one attached hydrogen (secondary N) is 1. The molecule has 6 nitrogen and oxygen atoms in total. The maximum Gasteiger partial charge on any atom is 0.387 e. The van der Waals surface area contributed by atoms with Gasteiger partial charge in [-0.15, -0.1) is 24.0 Å². The second-order valence-corrected chi connectivity index (χ2v) is 9.40. The molecule has 27 heavy (non-hydrogen) atoms. The van der Waals surface area contributed by atoms with E-state index in [-0.39, 0.29) is 42.0 Å². The van der Waals surface area contributed by atoms with Gasteiger partial charge in [0, 0.05) is 25.2 Å². The summed E-state index contributed by atoms with van der Waals surface area (Å²) in [6.07, 6.45) is 0. The van der Waals surface area contributed by atoms with Crippen LogP contribution in [0.1, 0.15) is 26.3 Å². The van der Waals surface area contributed by atoms with Gasteiger partial charge in [0.1, 0.15) is 5.75 Å². The van der Waals surface area contributed by atoms with Crippen LogP contribution < -0.4 is 10.1 Å². The minimum absolute atomic E-state index is 0. The highest BCUT2D eigenvalue weighted by molar-refractivity contribution is 14.0. The average Bonchev–Trinajstić information content (AvgIpc) is 2.55. The maximum absolute atomic E-state index is 12.5. The van der Waals surface area contributed by atoms with Crippen LogP contribution in [0.15, 0.2) is 29.3 Å². The molecule has 1 heterocycles. The summed E-state index contributed by atoms with van der Waals surface area (Å²) < 4.78 is 53.1. The van der Waals surface area contributed by atoms with Crippen molar-refractivity contribution in [2.45, 2.75) is 38.7 Å². The molecule has 1 aromatic rings. The number of nitrogens with zero attached hydrogens (tertiary/aromatic N) is 2. The minimum atomic E-state index is -3.16. The largest absolute Gasteiger partial charge is 0.434 e. The normalized spacial score (nSPS) is 18.7. The molecule has 0 amide bonds. The van der Waals surface area contributed by atoms with E-state index in [2.05, 4.69) is 15.0 Å². The molecule has 1 aromatic carbocycles. The van der Waals surface area contributed by atoms with Crippen LogP contribution >= 0.6 is 24.0 Å². The Morgan fingerprint density at radius 1 is 1.37 bits per heavy atom. The molecule has 1 aliphatic heterocycles. The molecule has 1 N–H and O–H groups in total. The molecular weight excluding hydrogens is 491 g/mol. The molecule has 0 saturated carbocycles. The van der Waals surface area contributed by atoms with E-state index in [1.807, 2.05) is 11.8 Å². The number of para-hydroxylation sites is 1. The smallest absolute Gasteiger partial charge is 0.387 e. The zero-order chi connectivity index (χ0) is 19.4. The number of hydrogen-bond donors (Lipinski definition) is 1. The minimum Gasteiger partial charge on any atom is -0.434 e. The highest BCUT2D eigenvalue weighted by atomic mass is 127. The molecule has 154 valence electrons. The number of guanidine groups is 1. The fourth-order valence-corrected chi connectivity index (χ4v) is 4.12. The average molecular weight is 517 g/mol. The van der Waals surface area contributed by atoms with Crippen LogP contribution in [-0.2, 0) is 16.4 Å². The third-order valence-corrected chi connectivity index (χ3v) is 6.80. The second-order valence-electron chi connectivity index (χ2n) is 6.66. The molecule has 1 fully saturated rings. The van der Waals surface area contributed by atoms with E-state index in [1.165, 1.54) is 6.07 Å². The van der Waals surface area contributed by atoms with E-state index in [9.17, 15) is 17.2 Å². The van der Waals surface area contributed by atoms with Crippen molar-refractivity contribution < 1.29 is 21.9 Å². The van der Waals surface area contributed by atoms with E-state index in [1.54, 1.807) is 32.0 Å². The van der Waals surface area contributed by atoms with Gasteiger partial charge in [-0.05, 0) is 26.8 Å². The first-order chi connectivity index (χ1) is 12.2. The van der Waals surface area contributed by atoms with E-state index in [0.717, 1.165) is 0 Å². The molecule has 1 aliphatic rings. The van der Waals surface area contributed by atoms with Gasteiger partial charge in [0.2, 0.25) is 0 Å². The first kappa shape index (κ1) is 23.9. The number of aliphatic imine (C=N–C) groups is 1. The lowest BCUT2D eigenvalue weighted by atomic mass is 10.2. The Labute approximate surface area is 176 Å². The molecule has 0 atom stereocenters. The molecular formula is C17H26F2IN3O3S. The van der Waals surface area contributed by atoms with Crippen molar-refractivity contribution in [1.29, 1.82) is 0 Å². The van der Waals surface area contributed by atoms with Crippen LogP contribution in [0.3, 0.4) is 0 Å². The fraction of sp³-hybridized carbons (Fsp3) is 0.588. The van der Waals surface area contributed by atoms with Crippen molar-refractivity contribution >= 4 is 39.8 Å². The maximum atomic E-state index is 12.5. The van der Waals surface area contributed by atoms with Crippen LogP contribution in [0.5, 0.6) is 5.75 Å². The van der Waals surface area contributed by atoms with Crippen LogP contribution in [0, 0.1) is 0 Å². The summed E-state index contributed by atoms with van der Waals surface area (Å²) in [5.41, 5.74) is 0.534. The van der Waals surface area contributed by atoms with Crippen LogP contribution in [0.2, 0.25) is 0 Å². The Balaban J connectivity index is 0.00000364. The van der Waals surface area contributed by atoms with Crippen molar-refractivity contribution in [1.82, 2.24) is 10.2 Å². The van der Waals surface area contributed by atoms with E-state index in [4.69, 9.17) is 0 Å². The highest BCUT2D eigenvalue weighted by Crippen LogP contribution is 2.24. The van der Waals surface area contributed by atoms with E-state index >= 15 is 0 Å². The Kier molecular flexibility index (Phi) is 8.71. The van der Waals surface area contributed by atoms with Crippen molar-refractivity contribution in [3.8, 4) is 5.75 Å². The van der Waals surface area contributed by atoms with Gasteiger partial charge in [0.05, 0.1) is 17.0 Å². The van der Waals surface area contributed by atoms with Crippen LogP contribution in [0.4, 0.5) is 8.78 Å². The predicted octanol–water partition coefficient (Wildman–Crippen LogP) is 2.88. The highest BCUT2D eigenvalue weighted by Gasteiger charge is 2.40. The number of rotatable bonds is 5. The Bertz CT molecular complexity index is 758. The lowest BCUT2D eigenvalue weighted by Gasteiger charge is -2.39. The third-order valence-electron chi connectivity index (χ3n) is 4.27. The molecule has 2 rings (SSSR count). The molecule has 0 aromatic heterocycles. The van der Waals surface area contributed by atoms with Crippen molar-refractivity contribution in [3.63, 3.8) is 0 Å². The van der Waals surface area contributed by atoms with Crippen molar-refractivity contribution in [2.24, 2.45) is 4.99 Å². The third kappa shape index (κ3) is 6.16. The summed E-state index contributed by atoms with van der Waals surface area (Å²) in [7, 11) is -3.16. The molecule has 0 aliphatic carbocycles. The second kappa shape index (κ2) is 9.85. The molecule has 0 bridgehead atoms. The lowest BCUT2D eigenvalue weighted by Crippen LogP contribution is -2.57. The molecule has 10 heteroatoms. The van der Waals surface area contributed by atoms with Gasteiger partial charge < -0.3 is 15.0 Å². The van der Waals surface area contributed by atoms with Gasteiger partial charge in [-0.3, -0.25) is 0 Å². The summed E-state index contributed by atoms with van der Waals surface area (Å²) >= 11 is 0. The van der Waals surface area contributed by atoms with Gasteiger partial charge in [0.25, 0.3) is 0 Å². The number of ether oxygens (including phenoxy) is 1. The standard InChI is InChI=1S/C17H25F2N3O3S.HI/c1-4-20-16(22-9-10-26(23,24)17(2,3)12-22)21-11-13-7-5-6-8-14(13)25-15(18)19;/h5-8,15H,4,9-12H2,1-3H3,(H,20,21);1H. The fourth-order valence-electron chi connectivity index (χ4n) is 2.76. The van der Waals surface area contributed by atoms with Gasteiger partial charge in [-0.1, -0.05) is 18.2 Å². The number of halogens is 3. The number of benzene rings is 1. The topological polar surface area (TPSA) is 71.0 Å². The Hall–Kier alpha value is -1.17. The summed E-state index contributed by atoms with van der Waals surface area (Å²) in [5, 5.41) is 3.14. The zero-order valence-electron chi connectivity index (χ0n) is 15.6. The van der Waals surface area contributed by atoms with Crippen LogP contribution in [-0.4, -0.2) is 56.0 Å². The zero-order valence-corrected chi connectivity index (χ0v) is 18.8. The summed E-state index contributed by atoms with van der Waals surface area (Å²) in [6, 6.07) is 6.50. The van der Waals surface area contributed by atoms with Crippen molar-refractivity contribution in [3.05, 3.63) is 29.8 Å². The number of hydrogen-bond acceptors (Lipinski definition) is 4. The molecule has 0 spiro atoms. The summed E-state index contributed by atoms with van der Waals surface area (Å²) in [4.78, 5) is 6.39. The summed E-state index contributed by atoms with van der Waals surface area (Å²) in [5.74, 6) is 0.696. The molecule has 0 radical (unpaired) electrons. The Morgan fingerprint density at radius 3 is 2.63 bits per heavy atom. The van der Waals surface area contributed by atoms with Gasteiger partial charge >= 0.3 is 6.61 Å². The Morgan fingerprint density at radius 2 is 2.04 bits per heavy atom. The van der Waals surface area contributed by atoms with Crippen LogP contribution in [0.25, 0.3) is 0 Å². The quantitative estimate of drug-likeness (QED) is 0.370. The monoisotopic (exact) mass is 517 g/mol. The SMILES string of the molecule is CCNC(=NCc1ccccc1OC(F)F)N1CCS(=O)(=O)C(C)(C)C1.I.